The number of non-ortho nitro benzene ring substituents is 1. The minimum atomic E-state index is -1.85. The number of imidazole rings is 1. The van der Waals surface area contributed by atoms with Crippen LogP contribution in [0, 0.1) is 38.5 Å². The van der Waals surface area contributed by atoms with Crippen LogP contribution in [0.15, 0.2) is 110 Å². The van der Waals surface area contributed by atoms with Crippen LogP contribution in [-0.2, 0) is 54.6 Å². The second kappa shape index (κ2) is 28.2. The zero-order valence-electron chi connectivity index (χ0n) is 45.4. The number of nitrogens with zero attached hydrogens (tertiary/aromatic N) is 4. The quantitative estimate of drug-likeness (QED) is 0.0209. The largest absolute Gasteiger partial charge is 0.489 e. The summed E-state index contributed by atoms with van der Waals surface area (Å²) in [7, 11) is -1.85. The molecule has 0 radical (unpaired) electrons. The van der Waals surface area contributed by atoms with Gasteiger partial charge >= 0.3 is 7.12 Å². The van der Waals surface area contributed by atoms with Gasteiger partial charge in [-0.3, -0.25) is 53.6 Å². The molecule has 6 atom stereocenters. The van der Waals surface area contributed by atoms with E-state index in [1.807, 2.05) is 57.2 Å². The maximum absolute atomic E-state index is 14.9. The van der Waals surface area contributed by atoms with Crippen LogP contribution in [-0.4, -0.2) is 108 Å². The first kappa shape index (κ1) is 61.3. The Morgan fingerprint density at radius 3 is 1.85 bits per heavy atom. The molecular formula is C55H69BN10O13. The Balaban J connectivity index is 1.48. The van der Waals surface area contributed by atoms with Gasteiger partial charge in [-0.15, -0.1) is 0 Å². The predicted octanol–water partition coefficient (Wildman–Crippen LogP) is 4.05. The summed E-state index contributed by atoms with van der Waals surface area (Å²) in [5.74, 6) is -5.06. The van der Waals surface area contributed by atoms with E-state index in [0.29, 0.717) is 16.9 Å². The van der Waals surface area contributed by atoms with Gasteiger partial charge in [0.1, 0.15) is 48.3 Å². The third-order valence-corrected chi connectivity index (χ3v) is 12.8. The van der Waals surface area contributed by atoms with Gasteiger partial charge in [-0.05, 0) is 71.6 Å². The van der Waals surface area contributed by atoms with E-state index >= 15 is 0 Å². The topological polar surface area (TPSA) is 328 Å². The van der Waals surface area contributed by atoms with Crippen molar-refractivity contribution in [1.29, 1.82) is 0 Å². The maximum atomic E-state index is 14.9. The lowest BCUT2D eigenvalue weighted by atomic mass is 9.77. The number of benzene rings is 4. The van der Waals surface area contributed by atoms with Crippen molar-refractivity contribution in [2.45, 2.75) is 130 Å². The van der Waals surface area contributed by atoms with Crippen molar-refractivity contribution in [2.75, 3.05) is 0 Å². The molecule has 24 heteroatoms. The first-order valence-electron chi connectivity index (χ1n) is 25.7. The summed E-state index contributed by atoms with van der Waals surface area (Å²) in [6, 6.07) is 19.9. The van der Waals surface area contributed by atoms with Crippen LogP contribution in [0.2, 0.25) is 0 Å². The van der Waals surface area contributed by atoms with Crippen LogP contribution in [0.5, 0.6) is 5.75 Å². The fourth-order valence-electron chi connectivity index (χ4n) is 8.52. The summed E-state index contributed by atoms with van der Waals surface area (Å²) < 4.78 is 7.22. The highest BCUT2D eigenvalue weighted by molar-refractivity contribution is 6.43. The summed E-state index contributed by atoms with van der Waals surface area (Å²) in [6.07, 6.45) is 2.38. The number of rotatable bonds is 27. The molecule has 0 fully saturated rings. The third kappa shape index (κ3) is 18.3. The molecule has 1 unspecified atom stereocenters. The number of ether oxygens (including phenoxy) is 1. The monoisotopic (exact) mass is 1090 g/mol. The van der Waals surface area contributed by atoms with Crippen molar-refractivity contribution < 1.29 is 53.4 Å². The number of carbonyl (C=O) groups is 6. The van der Waals surface area contributed by atoms with Crippen molar-refractivity contribution in [3.05, 3.63) is 158 Å². The van der Waals surface area contributed by atoms with Crippen molar-refractivity contribution in [3.8, 4) is 11.4 Å². The van der Waals surface area contributed by atoms with E-state index in [2.05, 4.69) is 36.9 Å². The Morgan fingerprint density at radius 2 is 1.28 bits per heavy atom. The van der Waals surface area contributed by atoms with Crippen LogP contribution in [0.3, 0.4) is 0 Å². The molecule has 5 aromatic rings. The molecule has 8 N–H and O–H groups in total. The van der Waals surface area contributed by atoms with E-state index in [1.165, 1.54) is 30.1 Å². The molecule has 0 saturated heterocycles. The first-order chi connectivity index (χ1) is 37.3. The molecule has 6 amide bonds. The zero-order valence-corrected chi connectivity index (χ0v) is 45.4. The first-order valence-corrected chi connectivity index (χ1v) is 25.7. The molecule has 1 heterocycles. The van der Waals surface area contributed by atoms with E-state index in [9.17, 15) is 59.0 Å². The number of nitro benzene ring substituents is 2. The van der Waals surface area contributed by atoms with Gasteiger partial charge in [0.15, 0.2) is 0 Å². The number of nitrogens with one attached hydrogen (secondary N) is 6. The van der Waals surface area contributed by atoms with Crippen LogP contribution >= 0.6 is 0 Å². The Hall–Kier alpha value is -8.51. The summed E-state index contributed by atoms with van der Waals surface area (Å²) >= 11 is 0. The number of hydrogen-bond donors (Lipinski definition) is 8. The standard InChI is InChI=1S/C55H69BN10O13/c1-9-48(56(73)74)62-52(70)42(25-33(2)3)61-54(72)49(55(6,7)8)63-53(71)44(27-38-18-14-13-15-34(38)4)60-50(68)43(26-36-19-22-41(23-20-36)79-31-37-16-11-10-12-17-37)59-51(69)45(58-35(5)67)28-39-30-64(32-57-39)46-24-21-40(65(75)76)29-47(46)66(77)78/h10-24,29-30,32-33,42-45,48-49,73-74H,9,25-28,31H2,1-8H3,(H,58,67)(H,59,69)(H,60,68)(H,61,72)(H,62,70)(H,63,71)/t42-,43+,44-,45-,48?,49+/m0/s1. The Kier molecular flexibility index (Phi) is 21.9. The smallest absolute Gasteiger partial charge is 0.475 e. The molecular weight excluding hydrogens is 1020 g/mol. The lowest BCUT2D eigenvalue weighted by Gasteiger charge is -2.34. The van der Waals surface area contributed by atoms with E-state index in [4.69, 9.17) is 4.74 Å². The fourth-order valence-corrected chi connectivity index (χ4v) is 8.52. The summed E-state index contributed by atoms with van der Waals surface area (Å²) in [4.78, 5) is 111. The molecule has 420 valence electrons. The van der Waals surface area contributed by atoms with Crippen molar-refractivity contribution in [3.63, 3.8) is 0 Å². The molecule has 0 spiro atoms. The number of nitro groups is 2. The van der Waals surface area contributed by atoms with Gasteiger partial charge in [-0.25, -0.2) is 4.98 Å². The van der Waals surface area contributed by atoms with Crippen LogP contribution in [0.4, 0.5) is 11.4 Å². The average molecular weight is 1090 g/mol. The SMILES string of the molecule is CCC(NC(=O)[C@H](CC(C)C)NC(=O)[C@@H](NC(=O)[C@H](Cc1ccccc1C)NC(=O)[C@@H](Cc1ccc(OCc2ccccc2)cc1)NC(=O)[C@H](Cc1cn(-c2ccc([N+](=O)[O-])cc2[N+](=O)[O-])cn1)NC(C)=O)C(C)(C)C)B(O)O. The minimum Gasteiger partial charge on any atom is -0.489 e. The third-order valence-electron chi connectivity index (χ3n) is 12.8. The normalized spacial score (nSPS) is 13.6. The second-order valence-corrected chi connectivity index (χ2v) is 20.7. The van der Waals surface area contributed by atoms with E-state index < -0.39 is 105 Å². The Morgan fingerprint density at radius 1 is 0.696 bits per heavy atom. The number of aryl methyl sites for hydroxylation is 1. The molecule has 0 aliphatic rings. The second-order valence-electron chi connectivity index (χ2n) is 20.7. The average Bonchev–Trinajstić information content (AvgIpc) is 3.87. The van der Waals surface area contributed by atoms with Crippen LogP contribution in [0.1, 0.15) is 89.3 Å². The van der Waals surface area contributed by atoms with Crippen molar-refractivity contribution in [2.24, 2.45) is 11.3 Å². The molecule has 0 bridgehead atoms. The maximum Gasteiger partial charge on any atom is 0.475 e. The van der Waals surface area contributed by atoms with E-state index in [-0.39, 0.29) is 56.0 Å². The predicted molar refractivity (Wildman–Crippen MR) is 293 cm³/mol. The highest BCUT2D eigenvalue weighted by Gasteiger charge is 2.39. The highest BCUT2D eigenvalue weighted by Crippen LogP contribution is 2.28. The van der Waals surface area contributed by atoms with Gasteiger partial charge in [0.25, 0.3) is 11.4 Å². The number of hydrogen-bond acceptors (Lipinski definition) is 14. The van der Waals surface area contributed by atoms with Gasteiger partial charge in [0.2, 0.25) is 35.4 Å². The number of aromatic nitrogens is 2. The van der Waals surface area contributed by atoms with Crippen molar-refractivity contribution >= 4 is 53.9 Å². The van der Waals surface area contributed by atoms with E-state index in [1.54, 1.807) is 70.2 Å². The molecule has 0 saturated carbocycles. The summed E-state index contributed by atoms with van der Waals surface area (Å²) in [5.41, 5.74) is 0.942. The van der Waals surface area contributed by atoms with Gasteiger partial charge < -0.3 is 46.7 Å². The minimum absolute atomic E-state index is 0.0644. The lowest BCUT2D eigenvalue weighted by molar-refractivity contribution is -0.394. The van der Waals surface area contributed by atoms with Gasteiger partial charge in [-0.2, -0.15) is 0 Å². The fraction of sp³-hybridized carbons (Fsp3) is 0.400. The molecule has 0 aliphatic carbocycles. The van der Waals surface area contributed by atoms with E-state index in [0.717, 1.165) is 23.3 Å². The van der Waals surface area contributed by atoms with Gasteiger partial charge in [-0.1, -0.05) is 108 Å². The molecule has 4 aromatic carbocycles. The molecule has 79 heavy (non-hydrogen) atoms. The summed E-state index contributed by atoms with van der Waals surface area (Å²) in [6.45, 7) is 13.7. The number of carbonyl (C=O) groups excluding carboxylic acids is 6. The summed E-state index contributed by atoms with van der Waals surface area (Å²) in [5, 5.41) is 59.4. The van der Waals surface area contributed by atoms with Gasteiger partial charge in [0.05, 0.1) is 33.9 Å². The van der Waals surface area contributed by atoms with Crippen LogP contribution in [0.25, 0.3) is 5.69 Å². The highest BCUT2D eigenvalue weighted by atomic mass is 16.6. The Labute approximate surface area is 458 Å². The molecule has 23 nitrogen and oxygen atoms in total. The van der Waals surface area contributed by atoms with Gasteiger partial charge in [0, 0.05) is 38.4 Å². The molecule has 1 aromatic heterocycles. The van der Waals surface area contributed by atoms with Crippen molar-refractivity contribution in [1.82, 2.24) is 41.5 Å². The number of amides is 6. The zero-order chi connectivity index (χ0) is 58.1. The van der Waals surface area contributed by atoms with Crippen LogP contribution < -0.4 is 36.6 Å². The molecule has 0 aliphatic heterocycles. The Bertz CT molecular complexity index is 2950. The lowest BCUT2D eigenvalue weighted by Crippen LogP contribution is -2.62. The molecule has 5 rings (SSSR count).